The fraction of sp³-hybridized carbons (Fsp3) is 0.318. The highest BCUT2D eigenvalue weighted by Crippen LogP contribution is 2.38. The summed E-state index contributed by atoms with van der Waals surface area (Å²) < 4.78 is 0. The van der Waals surface area contributed by atoms with Crippen LogP contribution in [-0.2, 0) is 10.5 Å². The minimum absolute atomic E-state index is 0.298. The van der Waals surface area contributed by atoms with Gasteiger partial charge in [0.15, 0.2) is 5.78 Å². The van der Waals surface area contributed by atoms with Crippen LogP contribution >= 0.6 is 11.8 Å². The molecule has 0 heterocycles. The first-order chi connectivity index (χ1) is 11.7. The van der Waals surface area contributed by atoms with Gasteiger partial charge in [-0.1, -0.05) is 65.7 Å². The number of benzene rings is 2. The van der Waals surface area contributed by atoms with E-state index < -0.39 is 0 Å². The van der Waals surface area contributed by atoms with Gasteiger partial charge in [0.05, 0.1) is 0 Å². The smallest absolute Gasteiger partial charge is 0.155 e. The normalized spacial score (nSPS) is 15.9. The number of rotatable bonds is 6. The van der Waals surface area contributed by atoms with E-state index in [0.717, 1.165) is 31.4 Å². The van der Waals surface area contributed by atoms with Crippen molar-refractivity contribution in [2.45, 2.75) is 43.6 Å². The molecule has 0 unspecified atom stereocenters. The van der Waals surface area contributed by atoms with Gasteiger partial charge < -0.3 is 0 Å². The molecule has 3 rings (SSSR count). The zero-order valence-electron chi connectivity index (χ0n) is 14.2. The van der Waals surface area contributed by atoms with Crippen molar-refractivity contribution in [1.82, 2.24) is 0 Å². The molecule has 0 spiro atoms. The Morgan fingerprint density at radius 3 is 2.46 bits per heavy atom. The predicted octanol–water partition coefficient (Wildman–Crippen LogP) is 6.04. The molecule has 0 amide bonds. The van der Waals surface area contributed by atoms with Crippen LogP contribution in [0.5, 0.6) is 0 Å². The minimum atomic E-state index is 0.298. The molecule has 2 aromatic carbocycles. The van der Waals surface area contributed by atoms with Crippen LogP contribution in [-0.4, -0.2) is 5.78 Å². The molecule has 2 aromatic rings. The van der Waals surface area contributed by atoms with Crippen LogP contribution in [0.25, 0.3) is 0 Å². The predicted molar refractivity (Wildman–Crippen MR) is 103 cm³/mol. The molecular weight excluding hydrogens is 312 g/mol. The second kappa shape index (κ2) is 8.34. The van der Waals surface area contributed by atoms with Crippen LogP contribution in [0.2, 0.25) is 0 Å². The molecule has 1 aliphatic carbocycles. The van der Waals surface area contributed by atoms with Crippen molar-refractivity contribution in [1.29, 1.82) is 0 Å². The highest BCUT2D eigenvalue weighted by atomic mass is 32.2. The van der Waals surface area contributed by atoms with Gasteiger partial charge in [-0.2, -0.15) is 0 Å². The number of thioether (sulfide) groups is 1. The summed E-state index contributed by atoms with van der Waals surface area (Å²) in [5, 5.41) is 0.406. The number of aryl methyl sites for hydroxylation is 1. The molecule has 0 saturated heterocycles. The van der Waals surface area contributed by atoms with Crippen molar-refractivity contribution >= 4 is 17.5 Å². The van der Waals surface area contributed by atoms with E-state index in [1.807, 2.05) is 17.8 Å². The lowest BCUT2D eigenvalue weighted by atomic mass is 9.93. The van der Waals surface area contributed by atoms with Crippen LogP contribution in [0.1, 0.15) is 47.6 Å². The molecule has 24 heavy (non-hydrogen) atoms. The first kappa shape index (κ1) is 17.0. The third-order valence-electron chi connectivity index (χ3n) is 4.48. The Hall–Kier alpha value is -1.80. The molecule has 0 N–H and O–H groups in total. The molecule has 0 radical (unpaired) electrons. The number of carbonyl (C=O) groups excluding carboxylic acids is 1. The standard InChI is InChI=1S/C22H24OS/c1-17-10-12-20(13-11-17)22(15-19-8-5-9-21(23)14-19)24-16-18-6-3-2-4-7-18/h2-4,6-7,10-14,22H,5,8-9,15-16H2,1H3/t22-/m1/s1. The van der Waals surface area contributed by atoms with Crippen LogP contribution in [0.3, 0.4) is 0 Å². The third kappa shape index (κ3) is 4.85. The van der Waals surface area contributed by atoms with Crippen molar-refractivity contribution in [2.24, 2.45) is 0 Å². The summed E-state index contributed by atoms with van der Waals surface area (Å²) in [7, 11) is 0. The van der Waals surface area contributed by atoms with E-state index in [1.54, 1.807) is 0 Å². The molecule has 1 atom stereocenters. The highest BCUT2D eigenvalue weighted by molar-refractivity contribution is 7.98. The van der Waals surface area contributed by atoms with Gasteiger partial charge in [-0.3, -0.25) is 4.79 Å². The summed E-state index contributed by atoms with van der Waals surface area (Å²) in [6, 6.07) is 19.5. The Morgan fingerprint density at radius 2 is 1.75 bits per heavy atom. The van der Waals surface area contributed by atoms with Gasteiger partial charge in [0.25, 0.3) is 0 Å². The SMILES string of the molecule is Cc1ccc([C@@H](CC2=CC(=O)CCC2)SCc2ccccc2)cc1. The molecule has 0 aromatic heterocycles. The highest BCUT2D eigenvalue weighted by Gasteiger charge is 2.18. The maximum absolute atomic E-state index is 11.7. The van der Waals surface area contributed by atoms with Gasteiger partial charge in [0, 0.05) is 17.4 Å². The minimum Gasteiger partial charge on any atom is -0.295 e. The molecule has 124 valence electrons. The molecular formula is C22H24OS. The number of hydrogen-bond acceptors (Lipinski definition) is 2. The monoisotopic (exact) mass is 336 g/mol. The van der Waals surface area contributed by atoms with Crippen LogP contribution in [0, 0.1) is 6.92 Å². The number of ketones is 1. The van der Waals surface area contributed by atoms with Crippen molar-refractivity contribution < 1.29 is 4.79 Å². The molecule has 2 heteroatoms. The number of hydrogen-bond donors (Lipinski definition) is 0. The van der Waals surface area contributed by atoms with Crippen LogP contribution < -0.4 is 0 Å². The van der Waals surface area contributed by atoms with Gasteiger partial charge >= 0.3 is 0 Å². The van der Waals surface area contributed by atoms with E-state index >= 15 is 0 Å². The molecule has 0 saturated carbocycles. The Morgan fingerprint density at radius 1 is 1.00 bits per heavy atom. The van der Waals surface area contributed by atoms with Gasteiger partial charge in [-0.15, -0.1) is 11.8 Å². The summed E-state index contributed by atoms with van der Waals surface area (Å²) in [4.78, 5) is 11.7. The fourth-order valence-electron chi connectivity index (χ4n) is 3.09. The average molecular weight is 336 g/mol. The molecule has 0 fully saturated rings. The maximum atomic E-state index is 11.7. The third-order valence-corrected chi connectivity index (χ3v) is 5.82. The Bertz CT molecular complexity index is 701. The zero-order chi connectivity index (χ0) is 16.8. The number of allylic oxidation sites excluding steroid dienone is 2. The molecule has 1 aliphatic rings. The average Bonchev–Trinajstić information content (AvgIpc) is 2.60. The van der Waals surface area contributed by atoms with Crippen molar-refractivity contribution in [3.63, 3.8) is 0 Å². The lowest BCUT2D eigenvalue weighted by Gasteiger charge is -2.21. The van der Waals surface area contributed by atoms with Crippen molar-refractivity contribution in [3.8, 4) is 0 Å². The topological polar surface area (TPSA) is 17.1 Å². The summed E-state index contributed by atoms with van der Waals surface area (Å²) in [6.07, 6.45) is 5.67. The Labute approximate surface area is 149 Å². The van der Waals surface area contributed by atoms with Gasteiger partial charge in [0.2, 0.25) is 0 Å². The van der Waals surface area contributed by atoms with Gasteiger partial charge in [-0.05, 0) is 43.4 Å². The van der Waals surface area contributed by atoms with Crippen molar-refractivity contribution in [2.75, 3.05) is 0 Å². The fourth-order valence-corrected chi connectivity index (χ4v) is 4.35. The van der Waals surface area contributed by atoms with E-state index in [4.69, 9.17) is 0 Å². The quantitative estimate of drug-likeness (QED) is 0.640. The van der Waals surface area contributed by atoms with Crippen LogP contribution in [0.15, 0.2) is 66.2 Å². The second-order valence-electron chi connectivity index (χ2n) is 6.52. The van der Waals surface area contributed by atoms with Crippen LogP contribution in [0.4, 0.5) is 0 Å². The Kier molecular flexibility index (Phi) is 5.92. The first-order valence-corrected chi connectivity index (χ1v) is 9.70. The summed E-state index contributed by atoms with van der Waals surface area (Å²) >= 11 is 1.98. The van der Waals surface area contributed by atoms with E-state index in [2.05, 4.69) is 61.5 Å². The maximum Gasteiger partial charge on any atom is 0.155 e. The van der Waals surface area contributed by atoms with E-state index in [0.29, 0.717) is 11.0 Å². The lowest BCUT2D eigenvalue weighted by molar-refractivity contribution is -0.115. The Balaban J connectivity index is 1.75. The molecule has 0 aliphatic heterocycles. The van der Waals surface area contributed by atoms with E-state index in [9.17, 15) is 4.79 Å². The number of carbonyl (C=O) groups is 1. The summed E-state index contributed by atoms with van der Waals surface area (Å²) in [5.74, 6) is 1.30. The summed E-state index contributed by atoms with van der Waals surface area (Å²) in [6.45, 7) is 2.12. The first-order valence-electron chi connectivity index (χ1n) is 8.65. The molecule has 1 nitrogen and oxygen atoms in total. The molecule has 0 bridgehead atoms. The summed E-state index contributed by atoms with van der Waals surface area (Å²) in [5.41, 5.74) is 5.32. The van der Waals surface area contributed by atoms with E-state index in [1.165, 1.54) is 22.3 Å². The zero-order valence-corrected chi connectivity index (χ0v) is 15.0. The largest absolute Gasteiger partial charge is 0.295 e. The van der Waals surface area contributed by atoms with Crippen molar-refractivity contribution in [3.05, 3.63) is 82.9 Å². The lowest BCUT2D eigenvalue weighted by Crippen LogP contribution is -2.06. The van der Waals surface area contributed by atoms with Gasteiger partial charge in [0.1, 0.15) is 0 Å². The van der Waals surface area contributed by atoms with E-state index in [-0.39, 0.29) is 0 Å². The second-order valence-corrected chi connectivity index (χ2v) is 7.71. The van der Waals surface area contributed by atoms with Gasteiger partial charge in [-0.25, -0.2) is 0 Å².